The van der Waals surface area contributed by atoms with E-state index < -0.39 is 0 Å². The highest BCUT2D eigenvalue weighted by Gasteiger charge is 2.34. The molecule has 0 aromatic carbocycles. The zero-order valence-electron chi connectivity index (χ0n) is 11.6. The summed E-state index contributed by atoms with van der Waals surface area (Å²) in [5, 5.41) is 18.6. The van der Waals surface area contributed by atoms with Gasteiger partial charge in [-0.05, 0) is 32.4 Å². The summed E-state index contributed by atoms with van der Waals surface area (Å²) in [5.74, 6) is 0.678. The predicted molar refractivity (Wildman–Crippen MR) is 71.9 cm³/mol. The predicted octanol–water partition coefficient (Wildman–Crippen LogP) is 1.24. The summed E-state index contributed by atoms with van der Waals surface area (Å²) >= 11 is 0. The third-order valence-electron chi connectivity index (χ3n) is 3.24. The molecule has 1 unspecified atom stereocenters. The molecule has 0 bridgehead atoms. The molecule has 1 fully saturated rings. The summed E-state index contributed by atoms with van der Waals surface area (Å²) in [6.07, 6.45) is 1.46. The molecule has 19 heavy (non-hydrogen) atoms. The van der Waals surface area contributed by atoms with Crippen molar-refractivity contribution in [2.45, 2.75) is 32.5 Å². The lowest BCUT2D eigenvalue weighted by Crippen LogP contribution is -2.54. The lowest BCUT2D eigenvalue weighted by atomic mass is 10.0. The number of aryl methyl sites for hydroxylation is 1. The smallest absolute Gasteiger partial charge is 0.146 e. The SMILES string of the molecule is Cc1ccnc(N2CC(CO)OC(C)(C)C2)c1C#N. The minimum Gasteiger partial charge on any atom is -0.394 e. The van der Waals surface area contributed by atoms with Gasteiger partial charge in [-0.1, -0.05) is 0 Å². The van der Waals surface area contributed by atoms with Crippen LogP contribution in [0.4, 0.5) is 5.82 Å². The van der Waals surface area contributed by atoms with Crippen molar-refractivity contribution < 1.29 is 9.84 Å². The molecule has 0 radical (unpaired) electrons. The van der Waals surface area contributed by atoms with E-state index in [0.29, 0.717) is 24.5 Å². The van der Waals surface area contributed by atoms with E-state index in [4.69, 9.17) is 4.74 Å². The van der Waals surface area contributed by atoms with Gasteiger partial charge in [-0.3, -0.25) is 0 Å². The van der Waals surface area contributed by atoms with Gasteiger partial charge in [0.05, 0.1) is 23.9 Å². The van der Waals surface area contributed by atoms with Crippen LogP contribution in [0.25, 0.3) is 0 Å². The lowest BCUT2D eigenvalue weighted by molar-refractivity contribution is -0.101. The number of rotatable bonds is 2. The van der Waals surface area contributed by atoms with Gasteiger partial charge < -0.3 is 14.7 Å². The Bertz CT molecular complexity index is 508. The summed E-state index contributed by atoms with van der Waals surface area (Å²) in [4.78, 5) is 6.36. The van der Waals surface area contributed by atoms with Gasteiger partial charge in [-0.2, -0.15) is 5.26 Å². The lowest BCUT2D eigenvalue weighted by Gasteiger charge is -2.43. The Balaban J connectivity index is 2.36. The van der Waals surface area contributed by atoms with Crippen LogP contribution in [0.1, 0.15) is 25.0 Å². The fourth-order valence-electron chi connectivity index (χ4n) is 2.47. The van der Waals surface area contributed by atoms with Crippen molar-refractivity contribution >= 4 is 5.82 Å². The van der Waals surface area contributed by atoms with Crippen LogP contribution in [-0.4, -0.2) is 41.5 Å². The maximum atomic E-state index is 9.33. The highest BCUT2D eigenvalue weighted by atomic mass is 16.5. The molecule has 1 saturated heterocycles. The molecular formula is C14H19N3O2. The number of nitriles is 1. The largest absolute Gasteiger partial charge is 0.394 e. The molecule has 0 spiro atoms. The number of hydrogen-bond acceptors (Lipinski definition) is 5. The fourth-order valence-corrected chi connectivity index (χ4v) is 2.47. The first kappa shape index (κ1) is 13.8. The van der Waals surface area contributed by atoms with E-state index in [1.165, 1.54) is 0 Å². The zero-order valence-corrected chi connectivity index (χ0v) is 11.6. The van der Waals surface area contributed by atoms with E-state index in [0.717, 1.165) is 5.56 Å². The van der Waals surface area contributed by atoms with Crippen molar-refractivity contribution in [2.24, 2.45) is 0 Å². The maximum Gasteiger partial charge on any atom is 0.146 e. The topological polar surface area (TPSA) is 69.4 Å². The molecule has 1 aromatic heterocycles. The summed E-state index contributed by atoms with van der Waals surface area (Å²) in [6.45, 7) is 7.01. The van der Waals surface area contributed by atoms with Gasteiger partial charge in [0.2, 0.25) is 0 Å². The van der Waals surface area contributed by atoms with Crippen LogP contribution in [-0.2, 0) is 4.74 Å². The van der Waals surface area contributed by atoms with E-state index in [1.807, 2.05) is 31.7 Å². The van der Waals surface area contributed by atoms with Crippen molar-refractivity contribution in [1.29, 1.82) is 5.26 Å². The average molecular weight is 261 g/mol. The Kier molecular flexibility index (Phi) is 3.74. The van der Waals surface area contributed by atoms with Crippen LogP contribution in [0, 0.1) is 18.3 Å². The minimum absolute atomic E-state index is 0.0341. The average Bonchev–Trinajstić information content (AvgIpc) is 2.36. The molecule has 0 saturated carbocycles. The van der Waals surface area contributed by atoms with Gasteiger partial charge in [-0.25, -0.2) is 4.98 Å². The van der Waals surface area contributed by atoms with Gasteiger partial charge in [0, 0.05) is 19.3 Å². The molecule has 5 nitrogen and oxygen atoms in total. The van der Waals surface area contributed by atoms with Crippen molar-refractivity contribution in [3.63, 3.8) is 0 Å². The van der Waals surface area contributed by atoms with Crippen molar-refractivity contribution in [1.82, 2.24) is 4.98 Å². The van der Waals surface area contributed by atoms with E-state index in [9.17, 15) is 10.4 Å². The summed E-state index contributed by atoms with van der Waals surface area (Å²) in [6, 6.07) is 4.04. The molecule has 2 rings (SSSR count). The Morgan fingerprint density at radius 1 is 1.63 bits per heavy atom. The Morgan fingerprint density at radius 3 is 3.00 bits per heavy atom. The van der Waals surface area contributed by atoms with Crippen LogP contribution in [0.15, 0.2) is 12.3 Å². The number of pyridine rings is 1. The monoisotopic (exact) mass is 261 g/mol. The molecule has 1 atom stereocenters. The molecule has 0 amide bonds. The first-order valence-corrected chi connectivity index (χ1v) is 6.36. The number of aliphatic hydroxyl groups excluding tert-OH is 1. The summed E-state index contributed by atoms with van der Waals surface area (Å²) in [5.41, 5.74) is 1.14. The number of ether oxygens (including phenoxy) is 1. The molecule has 2 heterocycles. The van der Waals surface area contributed by atoms with Crippen molar-refractivity contribution in [3.05, 3.63) is 23.4 Å². The van der Waals surface area contributed by atoms with Crippen molar-refractivity contribution in [3.8, 4) is 6.07 Å². The number of hydrogen-bond donors (Lipinski definition) is 1. The number of anilines is 1. The van der Waals surface area contributed by atoms with Crippen LogP contribution in [0.2, 0.25) is 0 Å². The Hall–Kier alpha value is -1.64. The zero-order chi connectivity index (χ0) is 14.0. The molecular weight excluding hydrogens is 242 g/mol. The van der Waals surface area contributed by atoms with Crippen LogP contribution in [0.5, 0.6) is 0 Å². The number of aromatic nitrogens is 1. The molecule has 1 aliphatic heterocycles. The molecule has 102 valence electrons. The van der Waals surface area contributed by atoms with E-state index in [1.54, 1.807) is 6.20 Å². The molecule has 1 aromatic rings. The van der Waals surface area contributed by atoms with Gasteiger partial charge in [0.15, 0.2) is 0 Å². The second-order valence-corrected chi connectivity index (χ2v) is 5.50. The van der Waals surface area contributed by atoms with Gasteiger partial charge >= 0.3 is 0 Å². The molecule has 5 heteroatoms. The number of nitrogens with zero attached hydrogens (tertiary/aromatic N) is 3. The highest BCUT2D eigenvalue weighted by Crippen LogP contribution is 2.27. The van der Waals surface area contributed by atoms with Crippen LogP contribution in [0.3, 0.4) is 0 Å². The van der Waals surface area contributed by atoms with Gasteiger partial charge in [0.1, 0.15) is 11.9 Å². The highest BCUT2D eigenvalue weighted by molar-refractivity contribution is 5.57. The second kappa shape index (κ2) is 5.16. The van der Waals surface area contributed by atoms with Gasteiger partial charge in [-0.15, -0.1) is 0 Å². The van der Waals surface area contributed by atoms with Crippen LogP contribution >= 0.6 is 0 Å². The molecule has 1 aliphatic rings. The van der Waals surface area contributed by atoms with E-state index >= 15 is 0 Å². The normalized spacial score (nSPS) is 22.1. The standard InChI is InChI=1S/C14H19N3O2/c1-10-4-5-16-13(12(10)6-15)17-7-11(8-18)19-14(2,3)9-17/h4-5,11,18H,7-9H2,1-3H3. The van der Waals surface area contributed by atoms with Crippen LogP contribution < -0.4 is 4.90 Å². The maximum absolute atomic E-state index is 9.33. The fraction of sp³-hybridized carbons (Fsp3) is 0.571. The first-order chi connectivity index (χ1) is 8.96. The molecule has 1 N–H and O–H groups in total. The minimum atomic E-state index is -0.371. The van der Waals surface area contributed by atoms with E-state index in [-0.39, 0.29) is 18.3 Å². The quantitative estimate of drug-likeness (QED) is 0.867. The van der Waals surface area contributed by atoms with Crippen molar-refractivity contribution in [2.75, 3.05) is 24.6 Å². The summed E-state index contributed by atoms with van der Waals surface area (Å²) in [7, 11) is 0. The third-order valence-corrected chi connectivity index (χ3v) is 3.24. The first-order valence-electron chi connectivity index (χ1n) is 6.36. The number of morpholine rings is 1. The molecule has 0 aliphatic carbocycles. The number of aliphatic hydroxyl groups is 1. The Labute approximate surface area is 113 Å². The van der Waals surface area contributed by atoms with E-state index in [2.05, 4.69) is 11.1 Å². The Morgan fingerprint density at radius 2 is 2.37 bits per heavy atom. The third kappa shape index (κ3) is 2.86. The second-order valence-electron chi connectivity index (χ2n) is 5.50. The summed E-state index contributed by atoms with van der Waals surface area (Å²) < 4.78 is 5.78. The van der Waals surface area contributed by atoms with Gasteiger partial charge in [0.25, 0.3) is 0 Å².